The summed E-state index contributed by atoms with van der Waals surface area (Å²) in [6.45, 7) is 1.98. The lowest BCUT2D eigenvalue weighted by atomic mass is 10.0. The maximum atomic E-state index is 5.91. The Hall–Kier alpha value is -1.86. The molecule has 3 aromatic rings. The van der Waals surface area contributed by atoms with Gasteiger partial charge in [-0.25, -0.2) is 4.42 Å². The SMILES string of the molecule is Cc1[o+]c2ccccc2cc1-c1ccc(Cl)cc1. The zero-order valence-corrected chi connectivity index (χ0v) is 10.7. The van der Waals surface area contributed by atoms with Crippen LogP contribution in [-0.4, -0.2) is 0 Å². The number of hydrogen-bond acceptors (Lipinski definition) is 0. The second-order valence-corrected chi connectivity index (χ2v) is 4.70. The van der Waals surface area contributed by atoms with E-state index in [9.17, 15) is 0 Å². The average molecular weight is 256 g/mol. The molecule has 18 heavy (non-hydrogen) atoms. The number of rotatable bonds is 1. The Labute approximate surface area is 111 Å². The van der Waals surface area contributed by atoms with Gasteiger partial charge in [0, 0.05) is 11.1 Å². The second kappa shape index (κ2) is 4.43. The molecular weight excluding hydrogens is 244 g/mol. The van der Waals surface area contributed by atoms with Crippen LogP contribution in [0.3, 0.4) is 0 Å². The summed E-state index contributed by atoms with van der Waals surface area (Å²) in [6, 6.07) is 18.0. The van der Waals surface area contributed by atoms with Gasteiger partial charge in [0.15, 0.2) is 0 Å². The van der Waals surface area contributed by atoms with Crippen LogP contribution in [0.15, 0.2) is 59.0 Å². The van der Waals surface area contributed by atoms with Crippen LogP contribution in [-0.2, 0) is 0 Å². The van der Waals surface area contributed by atoms with E-state index in [1.54, 1.807) is 0 Å². The minimum Gasteiger partial charge on any atom is -0.212 e. The van der Waals surface area contributed by atoms with E-state index in [2.05, 4.69) is 12.1 Å². The molecule has 0 N–H and O–H groups in total. The Morgan fingerprint density at radius 3 is 2.44 bits per heavy atom. The van der Waals surface area contributed by atoms with Crippen LogP contribution >= 0.6 is 11.6 Å². The van der Waals surface area contributed by atoms with Crippen LogP contribution in [0, 0.1) is 6.92 Å². The van der Waals surface area contributed by atoms with Crippen molar-refractivity contribution in [1.29, 1.82) is 0 Å². The summed E-state index contributed by atoms with van der Waals surface area (Å²) >= 11 is 5.91. The van der Waals surface area contributed by atoms with Crippen LogP contribution in [0.25, 0.3) is 22.1 Å². The smallest absolute Gasteiger partial charge is 0.212 e. The molecule has 0 amide bonds. The first-order chi connectivity index (χ1) is 8.74. The zero-order chi connectivity index (χ0) is 12.5. The van der Waals surface area contributed by atoms with Crippen molar-refractivity contribution in [3.8, 4) is 11.1 Å². The summed E-state index contributed by atoms with van der Waals surface area (Å²) in [4.78, 5) is 0. The highest BCUT2D eigenvalue weighted by atomic mass is 35.5. The van der Waals surface area contributed by atoms with E-state index in [4.69, 9.17) is 16.0 Å². The summed E-state index contributed by atoms with van der Waals surface area (Å²) in [6.07, 6.45) is 0. The molecule has 0 atom stereocenters. The normalized spacial score (nSPS) is 10.8. The highest BCUT2D eigenvalue weighted by Crippen LogP contribution is 2.29. The molecule has 0 saturated heterocycles. The van der Waals surface area contributed by atoms with Gasteiger partial charge in [0.1, 0.15) is 0 Å². The molecule has 0 unspecified atom stereocenters. The zero-order valence-electron chi connectivity index (χ0n) is 9.98. The predicted molar refractivity (Wildman–Crippen MR) is 75.8 cm³/mol. The van der Waals surface area contributed by atoms with E-state index >= 15 is 0 Å². The van der Waals surface area contributed by atoms with Crippen molar-refractivity contribution in [2.45, 2.75) is 6.92 Å². The Balaban J connectivity index is 2.22. The van der Waals surface area contributed by atoms with Crippen molar-refractivity contribution in [2.24, 2.45) is 0 Å². The Kier molecular flexibility index (Phi) is 2.77. The molecule has 1 nitrogen and oxygen atoms in total. The van der Waals surface area contributed by atoms with E-state index < -0.39 is 0 Å². The van der Waals surface area contributed by atoms with Crippen molar-refractivity contribution < 1.29 is 4.42 Å². The summed E-state index contributed by atoms with van der Waals surface area (Å²) in [7, 11) is 0. The predicted octanol–water partition coefficient (Wildman–Crippen LogP) is 5.34. The van der Waals surface area contributed by atoms with Gasteiger partial charge in [-0.05, 0) is 29.8 Å². The van der Waals surface area contributed by atoms with Gasteiger partial charge in [-0.3, -0.25) is 0 Å². The fourth-order valence-corrected chi connectivity index (χ4v) is 2.21. The van der Waals surface area contributed by atoms with Gasteiger partial charge in [-0.2, -0.15) is 0 Å². The third-order valence-corrected chi connectivity index (χ3v) is 3.27. The molecule has 0 saturated carbocycles. The van der Waals surface area contributed by atoms with E-state index in [0.717, 1.165) is 32.9 Å². The molecule has 2 aromatic carbocycles. The maximum absolute atomic E-state index is 5.91. The number of halogens is 1. The summed E-state index contributed by atoms with van der Waals surface area (Å²) in [5.74, 6) is 0.913. The molecule has 1 heterocycles. The average Bonchev–Trinajstić information content (AvgIpc) is 2.39. The van der Waals surface area contributed by atoms with Crippen LogP contribution in [0.5, 0.6) is 0 Å². The molecule has 0 aliphatic heterocycles. The van der Waals surface area contributed by atoms with Gasteiger partial charge in [0.05, 0.1) is 17.9 Å². The molecule has 0 radical (unpaired) electrons. The van der Waals surface area contributed by atoms with Crippen molar-refractivity contribution in [3.63, 3.8) is 0 Å². The molecule has 0 spiro atoms. The van der Waals surface area contributed by atoms with Gasteiger partial charge in [-0.15, -0.1) is 0 Å². The Morgan fingerprint density at radius 1 is 0.944 bits per heavy atom. The summed E-state index contributed by atoms with van der Waals surface area (Å²) < 4.78 is 5.84. The van der Waals surface area contributed by atoms with E-state index in [0.29, 0.717) is 0 Å². The number of hydrogen-bond donors (Lipinski definition) is 0. The molecule has 3 rings (SSSR count). The number of fused-ring (bicyclic) bond motifs is 1. The maximum Gasteiger partial charge on any atom is 0.360 e. The third kappa shape index (κ3) is 1.98. The first-order valence-electron chi connectivity index (χ1n) is 5.82. The van der Waals surface area contributed by atoms with Crippen LogP contribution in [0.1, 0.15) is 5.76 Å². The van der Waals surface area contributed by atoms with Crippen molar-refractivity contribution in [3.05, 3.63) is 65.4 Å². The van der Waals surface area contributed by atoms with Crippen LogP contribution < -0.4 is 0 Å². The molecule has 88 valence electrons. The van der Waals surface area contributed by atoms with Crippen LogP contribution in [0.4, 0.5) is 0 Å². The van der Waals surface area contributed by atoms with Gasteiger partial charge in [-0.1, -0.05) is 35.9 Å². The second-order valence-electron chi connectivity index (χ2n) is 4.26. The molecule has 2 heteroatoms. The molecule has 0 aliphatic rings. The fraction of sp³-hybridized carbons (Fsp3) is 0.0625. The first kappa shape index (κ1) is 11.2. The molecular formula is C16H12ClO+. The number of aryl methyl sites for hydroxylation is 1. The highest BCUT2D eigenvalue weighted by molar-refractivity contribution is 6.30. The van der Waals surface area contributed by atoms with Gasteiger partial charge in [0.2, 0.25) is 0 Å². The van der Waals surface area contributed by atoms with Gasteiger partial charge >= 0.3 is 11.3 Å². The lowest BCUT2D eigenvalue weighted by Gasteiger charge is -2.00. The van der Waals surface area contributed by atoms with Crippen LogP contribution in [0.2, 0.25) is 5.02 Å². The monoisotopic (exact) mass is 255 g/mol. The largest absolute Gasteiger partial charge is 0.360 e. The number of para-hydroxylation sites is 1. The van der Waals surface area contributed by atoms with Crippen molar-refractivity contribution in [1.82, 2.24) is 0 Å². The minimum absolute atomic E-state index is 0.745. The summed E-state index contributed by atoms with van der Waals surface area (Å²) in [5, 5.41) is 1.85. The lowest BCUT2D eigenvalue weighted by molar-refractivity contribution is 0.568. The van der Waals surface area contributed by atoms with E-state index in [1.807, 2.05) is 49.4 Å². The van der Waals surface area contributed by atoms with Crippen molar-refractivity contribution >= 4 is 22.6 Å². The first-order valence-corrected chi connectivity index (χ1v) is 6.20. The molecule has 0 aliphatic carbocycles. The molecule has 0 fully saturated rings. The quantitative estimate of drug-likeness (QED) is 0.534. The molecule has 1 aromatic heterocycles. The number of benzene rings is 2. The highest BCUT2D eigenvalue weighted by Gasteiger charge is 2.15. The molecule has 0 bridgehead atoms. The third-order valence-electron chi connectivity index (χ3n) is 3.02. The van der Waals surface area contributed by atoms with Crippen molar-refractivity contribution in [2.75, 3.05) is 0 Å². The standard InChI is InChI=1S/C16H12ClO/c1-11-15(12-6-8-14(17)9-7-12)10-13-4-2-3-5-16(13)18-11/h2-10H,1H3/q+1. The fourth-order valence-electron chi connectivity index (χ4n) is 2.09. The Morgan fingerprint density at radius 2 is 1.67 bits per heavy atom. The topological polar surface area (TPSA) is 11.3 Å². The minimum atomic E-state index is 0.745. The lowest BCUT2D eigenvalue weighted by Crippen LogP contribution is -1.84. The summed E-state index contributed by atoms with van der Waals surface area (Å²) in [5.41, 5.74) is 3.13. The van der Waals surface area contributed by atoms with Gasteiger partial charge in [0.25, 0.3) is 0 Å². The Bertz CT molecular complexity index is 702. The van der Waals surface area contributed by atoms with E-state index in [-0.39, 0.29) is 0 Å². The van der Waals surface area contributed by atoms with E-state index in [1.165, 1.54) is 0 Å². The van der Waals surface area contributed by atoms with Gasteiger partial charge < -0.3 is 0 Å².